The highest BCUT2D eigenvalue weighted by atomic mass is 35.5. The summed E-state index contributed by atoms with van der Waals surface area (Å²) in [6, 6.07) is 2.55. The Balaban J connectivity index is 1.55. The molecule has 162 valence electrons. The minimum absolute atomic E-state index is 0.162. The summed E-state index contributed by atoms with van der Waals surface area (Å²) in [7, 11) is -3.91. The quantitative estimate of drug-likeness (QED) is 0.599. The number of sulfonamides is 1. The summed E-state index contributed by atoms with van der Waals surface area (Å²) in [5.74, 6) is -2.87. The van der Waals surface area contributed by atoms with Gasteiger partial charge in [-0.25, -0.2) is 22.9 Å². The Morgan fingerprint density at radius 1 is 1.30 bits per heavy atom. The number of furan rings is 1. The molecule has 1 aliphatic rings. The minimum Gasteiger partial charge on any atom is -0.450 e. The van der Waals surface area contributed by atoms with Gasteiger partial charge in [-0.1, -0.05) is 11.6 Å². The second-order valence-corrected chi connectivity index (χ2v) is 8.24. The summed E-state index contributed by atoms with van der Waals surface area (Å²) >= 11 is 5.66. The highest BCUT2D eigenvalue weighted by molar-refractivity contribution is 7.89. The molecule has 3 rings (SSSR count). The van der Waals surface area contributed by atoms with Crippen molar-refractivity contribution in [3.8, 4) is 0 Å². The first-order valence-corrected chi connectivity index (χ1v) is 10.1. The average molecular weight is 468 g/mol. The first-order valence-electron chi connectivity index (χ1n) is 8.27. The van der Waals surface area contributed by atoms with Crippen molar-refractivity contribution in [2.24, 2.45) is 0 Å². The number of hydrogen-bond acceptors (Lipinski definition) is 7. The molecule has 1 amide bonds. The third kappa shape index (κ3) is 5.49. The lowest BCUT2D eigenvalue weighted by Crippen LogP contribution is -2.25. The molecule has 9 nitrogen and oxygen atoms in total. The fourth-order valence-corrected chi connectivity index (χ4v) is 3.56. The second-order valence-electron chi connectivity index (χ2n) is 6.19. The van der Waals surface area contributed by atoms with E-state index in [1.807, 2.05) is 0 Å². The molecule has 0 unspecified atom stereocenters. The molecule has 30 heavy (non-hydrogen) atoms. The Morgan fingerprint density at radius 3 is 2.60 bits per heavy atom. The molecule has 2 heterocycles. The van der Waals surface area contributed by atoms with Gasteiger partial charge in [-0.3, -0.25) is 4.79 Å². The molecule has 0 aromatic carbocycles. The lowest BCUT2D eigenvalue weighted by atomic mass is 10.3. The Morgan fingerprint density at radius 2 is 2.00 bits per heavy atom. The number of aromatic nitrogens is 1. The predicted molar refractivity (Wildman–Crippen MR) is 95.2 cm³/mol. The molecule has 0 radical (unpaired) electrons. The van der Waals surface area contributed by atoms with Gasteiger partial charge in [0.15, 0.2) is 12.4 Å². The zero-order chi connectivity index (χ0) is 22.1. The molecule has 1 fully saturated rings. The number of pyridine rings is 1. The van der Waals surface area contributed by atoms with Crippen LogP contribution < -0.4 is 10.0 Å². The van der Waals surface area contributed by atoms with E-state index in [9.17, 15) is 31.2 Å². The molecule has 2 aromatic heterocycles. The number of halogens is 4. The molecule has 0 bridgehead atoms. The molecule has 0 atom stereocenters. The summed E-state index contributed by atoms with van der Waals surface area (Å²) in [5.41, 5.74) is -1.10. The van der Waals surface area contributed by atoms with Crippen LogP contribution in [0, 0.1) is 0 Å². The number of anilines is 1. The summed E-state index contributed by atoms with van der Waals surface area (Å²) in [6.07, 6.45) is -2.75. The summed E-state index contributed by atoms with van der Waals surface area (Å²) < 4.78 is 73.7. The van der Waals surface area contributed by atoms with E-state index in [0.717, 1.165) is 12.1 Å². The van der Waals surface area contributed by atoms with Crippen LogP contribution in [-0.2, 0) is 25.7 Å². The average Bonchev–Trinajstić information content (AvgIpc) is 3.29. The van der Waals surface area contributed by atoms with Crippen LogP contribution in [0.15, 0.2) is 33.9 Å². The van der Waals surface area contributed by atoms with Crippen molar-refractivity contribution in [3.63, 3.8) is 0 Å². The standard InChI is InChI=1S/C16H13ClF3N3O6S/c17-10-5-8(16(18,19)20)6-21-14(10)22-12(24)7-28-15(25)11-3-4-13(29-11)30(26,27)23-9-1-2-9/h3-6,9,23H,1-2,7H2,(H,21,22,24). The number of nitrogens with one attached hydrogen (secondary N) is 2. The SMILES string of the molecule is O=C(COC(=O)c1ccc(S(=O)(=O)NC2CC2)o1)Nc1ncc(C(F)(F)F)cc1Cl. The van der Waals surface area contributed by atoms with E-state index in [4.69, 9.17) is 16.0 Å². The zero-order valence-electron chi connectivity index (χ0n) is 14.8. The van der Waals surface area contributed by atoms with Gasteiger partial charge in [0, 0.05) is 12.2 Å². The van der Waals surface area contributed by atoms with Crippen molar-refractivity contribution in [1.82, 2.24) is 9.71 Å². The van der Waals surface area contributed by atoms with Crippen LogP contribution in [0.5, 0.6) is 0 Å². The van der Waals surface area contributed by atoms with Crippen molar-refractivity contribution < 1.29 is 40.3 Å². The van der Waals surface area contributed by atoms with Gasteiger partial charge in [-0.15, -0.1) is 0 Å². The van der Waals surface area contributed by atoms with E-state index in [2.05, 4.69) is 19.8 Å². The Labute approximate surface area is 172 Å². The zero-order valence-corrected chi connectivity index (χ0v) is 16.4. The van der Waals surface area contributed by atoms with Gasteiger partial charge in [0.25, 0.3) is 15.9 Å². The number of rotatable bonds is 7. The monoisotopic (exact) mass is 467 g/mol. The number of ether oxygens (including phenoxy) is 1. The van der Waals surface area contributed by atoms with Gasteiger partial charge in [0.2, 0.25) is 10.9 Å². The largest absolute Gasteiger partial charge is 0.450 e. The van der Waals surface area contributed by atoms with E-state index < -0.39 is 56.1 Å². The number of hydrogen-bond donors (Lipinski definition) is 2. The molecule has 2 N–H and O–H groups in total. The van der Waals surface area contributed by atoms with Crippen molar-refractivity contribution in [2.75, 3.05) is 11.9 Å². The lowest BCUT2D eigenvalue weighted by Gasteiger charge is -2.10. The summed E-state index contributed by atoms with van der Waals surface area (Å²) in [4.78, 5) is 27.2. The molecular weight excluding hydrogens is 455 g/mol. The van der Waals surface area contributed by atoms with Gasteiger partial charge in [-0.05, 0) is 31.0 Å². The fourth-order valence-electron chi connectivity index (χ4n) is 2.11. The van der Waals surface area contributed by atoms with Crippen molar-refractivity contribution in [3.05, 3.63) is 40.7 Å². The predicted octanol–water partition coefficient (Wildman–Crippen LogP) is 2.58. The highest BCUT2D eigenvalue weighted by Crippen LogP contribution is 2.32. The van der Waals surface area contributed by atoms with E-state index in [-0.39, 0.29) is 11.9 Å². The maximum atomic E-state index is 12.6. The highest BCUT2D eigenvalue weighted by Gasteiger charge is 2.32. The van der Waals surface area contributed by atoms with Crippen LogP contribution in [0.25, 0.3) is 0 Å². The van der Waals surface area contributed by atoms with E-state index in [1.54, 1.807) is 0 Å². The van der Waals surface area contributed by atoms with Gasteiger partial charge in [0.05, 0.1) is 10.6 Å². The van der Waals surface area contributed by atoms with E-state index in [1.165, 1.54) is 0 Å². The smallest absolute Gasteiger partial charge is 0.417 e. The molecular formula is C16H13ClF3N3O6S. The van der Waals surface area contributed by atoms with E-state index >= 15 is 0 Å². The number of esters is 1. The topological polar surface area (TPSA) is 128 Å². The normalized spacial score (nSPS) is 14.4. The first-order chi connectivity index (χ1) is 14.0. The third-order valence-corrected chi connectivity index (χ3v) is 5.39. The molecule has 0 saturated heterocycles. The number of carbonyl (C=O) groups excluding carboxylic acids is 2. The molecule has 1 aliphatic carbocycles. The second kappa shape index (κ2) is 8.24. The van der Waals surface area contributed by atoms with Crippen molar-refractivity contribution >= 4 is 39.3 Å². The molecule has 14 heteroatoms. The van der Waals surface area contributed by atoms with Gasteiger partial charge in [-0.2, -0.15) is 13.2 Å². The van der Waals surface area contributed by atoms with E-state index in [0.29, 0.717) is 25.1 Å². The maximum absolute atomic E-state index is 12.6. The van der Waals surface area contributed by atoms with Gasteiger partial charge < -0.3 is 14.5 Å². The van der Waals surface area contributed by atoms with Crippen LogP contribution in [-0.4, -0.2) is 37.9 Å². The number of alkyl halides is 3. The number of carbonyl (C=O) groups is 2. The molecule has 2 aromatic rings. The summed E-state index contributed by atoms with van der Waals surface area (Å²) in [5, 5.41) is 1.15. The van der Waals surface area contributed by atoms with Gasteiger partial charge >= 0.3 is 12.1 Å². The first kappa shape index (κ1) is 22.1. The van der Waals surface area contributed by atoms with Crippen molar-refractivity contribution in [2.45, 2.75) is 30.2 Å². The Hall–Kier alpha value is -2.64. The number of amides is 1. The minimum atomic E-state index is -4.65. The van der Waals surface area contributed by atoms with Gasteiger partial charge in [0.1, 0.15) is 0 Å². The van der Waals surface area contributed by atoms with Crippen LogP contribution in [0.1, 0.15) is 29.0 Å². The Bertz CT molecular complexity index is 1080. The van der Waals surface area contributed by atoms with Crippen LogP contribution in [0.4, 0.5) is 19.0 Å². The van der Waals surface area contributed by atoms with Crippen LogP contribution in [0.2, 0.25) is 5.02 Å². The Kier molecular flexibility index (Phi) is 6.06. The fraction of sp³-hybridized carbons (Fsp3) is 0.312. The molecule has 0 aliphatic heterocycles. The molecule has 0 spiro atoms. The molecule has 1 saturated carbocycles. The summed E-state index contributed by atoms with van der Waals surface area (Å²) in [6.45, 7) is -0.846. The van der Waals surface area contributed by atoms with Crippen LogP contribution in [0.3, 0.4) is 0 Å². The van der Waals surface area contributed by atoms with Crippen molar-refractivity contribution in [1.29, 1.82) is 0 Å². The maximum Gasteiger partial charge on any atom is 0.417 e. The third-order valence-electron chi connectivity index (χ3n) is 3.71. The lowest BCUT2D eigenvalue weighted by molar-refractivity contribution is -0.137. The van der Waals surface area contributed by atoms with Crippen LogP contribution >= 0.6 is 11.6 Å². The number of nitrogens with zero attached hydrogens (tertiary/aromatic N) is 1.